The molecule has 0 atom stereocenters. The van der Waals surface area contributed by atoms with Crippen molar-refractivity contribution in [1.82, 2.24) is 9.78 Å². The highest BCUT2D eigenvalue weighted by molar-refractivity contribution is 5.30. The topological polar surface area (TPSA) is 53.1 Å². The molecule has 2 N–H and O–H groups in total. The minimum Gasteiger partial charge on any atom is -0.481 e. The van der Waals surface area contributed by atoms with E-state index in [4.69, 9.17) is 10.5 Å². The normalized spacial score (nSPS) is 10.5. The van der Waals surface area contributed by atoms with Crippen LogP contribution in [0.4, 0.5) is 0 Å². The van der Waals surface area contributed by atoms with E-state index in [1.165, 1.54) is 5.56 Å². The zero-order valence-corrected chi connectivity index (χ0v) is 8.50. The van der Waals surface area contributed by atoms with Gasteiger partial charge in [-0.3, -0.25) is 0 Å². The van der Waals surface area contributed by atoms with Gasteiger partial charge in [0, 0.05) is 12.6 Å². The maximum absolute atomic E-state index is 5.46. The molecule has 0 fully saturated rings. The molecule has 1 aromatic heterocycles. The summed E-state index contributed by atoms with van der Waals surface area (Å²) in [6.45, 7) is 2.70. The third-order valence-electron chi connectivity index (χ3n) is 2.11. The van der Waals surface area contributed by atoms with Crippen molar-refractivity contribution in [2.24, 2.45) is 12.8 Å². The van der Waals surface area contributed by atoms with Crippen molar-refractivity contribution in [1.29, 1.82) is 0 Å². The van der Waals surface area contributed by atoms with Gasteiger partial charge in [0.15, 0.2) is 0 Å². The van der Waals surface area contributed by atoms with Crippen LogP contribution in [-0.4, -0.2) is 23.4 Å². The van der Waals surface area contributed by atoms with Gasteiger partial charge in [-0.05, 0) is 26.3 Å². The molecule has 1 aromatic rings. The van der Waals surface area contributed by atoms with Crippen molar-refractivity contribution in [3.05, 3.63) is 11.3 Å². The molecule has 4 nitrogen and oxygen atoms in total. The molecule has 0 saturated heterocycles. The van der Waals surface area contributed by atoms with Crippen LogP contribution >= 0.6 is 0 Å². The average Bonchev–Trinajstić information content (AvgIpc) is 2.37. The van der Waals surface area contributed by atoms with Gasteiger partial charge in [0.25, 0.3) is 0 Å². The Labute approximate surface area is 78.7 Å². The highest BCUT2D eigenvalue weighted by Crippen LogP contribution is 2.21. The first-order valence-electron chi connectivity index (χ1n) is 4.47. The molecule has 0 bridgehead atoms. The molecule has 0 aliphatic heterocycles. The smallest absolute Gasteiger partial charge is 0.214 e. The Morgan fingerprint density at radius 1 is 1.54 bits per heavy atom. The Kier molecular flexibility index (Phi) is 3.31. The molecular formula is C9H17N3O. The van der Waals surface area contributed by atoms with Gasteiger partial charge in [0.05, 0.1) is 12.8 Å². The van der Waals surface area contributed by atoms with Crippen molar-refractivity contribution < 1.29 is 4.74 Å². The molecule has 1 heterocycles. The SMILES string of the molecule is COc1c(CCCN)c(C)nn1C. The van der Waals surface area contributed by atoms with Gasteiger partial charge in [-0.2, -0.15) is 5.10 Å². The fraction of sp³-hybridized carbons (Fsp3) is 0.667. The van der Waals surface area contributed by atoms with E-state index in [0.29, 0.717) is 6.54 Å². The van der Waals surface area contributed by atoms with Crippen molar-refractivity contribution >= 4 is 0 Å². The van der Waals surface area contributed by atoms with E-state index in [1.807, 2.05) is 14.0 Å². The lowest BCUT2D eigenvalue weighted by atomic mass is 10.1. The third kappa shape index (κ3) is 2.01. The maximum atomic E-state index is 5.46. The number of hydrogen-bond donors (Lipinski definition) is 1. The monoisotopic (exact) mass is 183 g/mol. The summed E-state index contributed by atoms with van der Waals surface area (Å²) < 4.78 is 7.02. The molecule has 13 heavy (non-hydrogen) atoms. The van der Waals surface area contributed by atoms with Gasteiger partial charge in [0.1, 0.15) is 0 Å². The molecule has 0 aliphatic carbocycles. The van der Waals surface area contributed by atoms with Gasteiger partial charge in [-0.25, -0.2) is 4.68 Å². The van der Waals surface area contributed by atoms with Crippen molar-refractivity contribution in [2.75, 3.05) is 13.7 Å². The molecule has 0 radical (unpaired) electrons. The number of methoxy groups -OCH3 is 1. The van der Waals surface area contributed by atoms with Gasteiger partial charge in [-0.1, -0.05) is 0 Å². The van der Waals surface area contributed by atoms with Gasteiger partial charge >= 0.3 is 0 Å². The Morgan fingerprint density at radius 2 is 2.23 bits per heavy atom. The highest BCUT2D eigenvalue weighted by atomic mass is 16.5. The number of ether oxygens (including phenoxy) is 1. The minimum atomic E-state index is 0.706. The summed E-state index contributed by atoms with van der Waals surface area (Å²) in [5.41, 5.74) is 7.67. The number of rotatable bonds is 4. The van der Waals surface area contributed by atoms with Gasteiger partial charge in [0.2, 0.25) is 5.88 Å². The summed E-state index contributed by atoms with van der Waals surface area (Å²) in [4.78, 5) is 0. The van der Waals surface area contributed by atoms with Crippen LogP contribution in [0.5, 0.6) is 5.88 Å². The van der Waals surface area contributed by atoms with E-state index in [9.17, 15) is 0 Å². The van der Waals surface area contributed by atoms with Crippen LogP contribution in [0, 0.1) is 6.92 Å². The molecule has 0 unspecified atom stereocenters. The summed E-state index contributed by atoms with van der Waals surface area (Å²) in [7, 11) is 3.56. The number of nitrogens with two attached hydrogens (primary N) is 1. The zero-order valence-electron chi connectivity index (χ0n) is 8.50. The molecule has 0 aromatic carbocycles. The summed E-state index contributed by atoms with van der Waals surface area (Å²) in [5.74, 6) is 0.853. The van der Waals surface area contributed by atoms with Gasteiger partial charge in [-0.15, -0.1) is 0 Å². The number of aromatic nitrogens is 2. The van der Waals surface area contributed by atoms with Crippen molar-refractivity contribution in [2.45, 2.75) is 19.8 Å². The van der Waals surface area contributed by atoms with E-state index < -0.39 is 0 Å². The maximum Gasteiger partial charge on any atom is 0.214 e. The van der Waals surface area contributed by atoms with Crippen LogP contribution in [-0.2, 0) is 13.5 Å². The first kappa shape index (κ1) is 10.1. The first-order chi connectivity index (χ1) is 6.20. The molecular weight excluding hydrogens is 166 g/mol. The van der Waals surface area contributed by atoms with Crippen LogP contribution in [0.1, 0.15) is 17.7 Å². The third-order valence-corrected chi connectivity index (χ3v) is 2.11. The molecule has 0 amide bonds. The summed E-state index contributed by atoms with van der Waals surface area (Å²) in [6.07, 6.45) is 1.92. The second kappa shape index (κ2) is 4.28. The molecule has 1 rings (SSSR count). The highest BCUT2D eigenvalue weighted by Gasteiger charge is 2.12. The second-order valence-corrected chi connectivity index (χ2v) is 3.09. The fourth-order valence-electron chi connectivity index (χ4n) is 1.50. The molecule has 4 heteroatoms. The predicted octanol–water partition coefficient (Wildman–Crippen LogP) is 0.628. The standard InChI is InChI=1S/C9H17N3O/c1-7-8(5-4-6-10)9(13-3)12(2)11-7/h4-6,10H2,1-3H3. The Morgan fingerprint density at radius 3 is 2.77 bits per heavy atom. The first-order valence-corrected chi connectivity index (χ1v) is 4.47. The lowest BCUT2D eigenvalue weighted by molar-refractivity contribution is 0.369. The largest absolute Gasteiger partial charge is 0.481 e. The Balaban J connectivity index is 2.89. The lowest BCUT2D eigenvalue weighted by Gasteiger charge is -2.03. The Hall–Kier alpha value is -1.03. The molecule has 0 saturated carbocycles. The van der Waals surface area contributed by atoms with E-state index in [1.54, 1.807) is 11.8 Å². The van der Waals surface area contributed by atoms with Crippen LogP contribution in [0.25, 0.3) is 0 Å². The van der Waals surface area contributed by atoms with E-state index in [-0.39, 0.29) is 0 Å². The number of hydrogen-bond acceptors (Lipinski definition) is 3. The van der Waals surface area contributed by atoms with Crippen LogP contribution < -0.4 is 10.5 Å². The lowest BCUT2D eigenvalue weighted by Crippen LogP contribution is -2.02. The molecule has 0 aliphatic rings. The molecule has 0 spiro atoms. The zero-order chi connectivity index (χ0) is 9.84. The summed E-state index contributed by atoms with van der Waals surface area (Å²) in [5, 5.41) is 4.29. The quantitative estimate of drug-likeness (QED) is 0.744. The molecule has 74 valence electrons. The minimum absolute atomic E-state index is 0.706. The van der Waals surface area contributed by atoms with Crippen LogP contribution in [0.15, 0.2) is 0 Å². The summed E-state index contributed by atoms with van der Waals surface area (Å²) >= 11 is 0. The van der Waals surface area contributed by atoms with Gasteiger partial charge < -0.3 is 10.5 Å². The Bertz CT molecular complexity index is 281. The van der Waals surface area contributed by atoms with E-state index in [2.05, 4.69) is 5.10 Å². The summed E-state index contributed by atoms with van der Waals surface area (Å²) in [6, 6.07) is 0. The number of nitrogens with zero attached hydrogens (tertiary/aromatic N) is 2. The fourth-order valence-corrected chi connectivity index (χ4v) is 1.50. The average molecular weight is 183 g/mol. The van der Waals surface area contributed by atoms with E-state index >= 15 is 0 Å². The number of aryl methyl sites for hydroxylation is 2. The van der Waals surface area contributed by atoms with Crippen molar-refractivity contribution in [3.8, 4) is 5.88 Å². The predicted molar refractivity (Wildman–Crippen MR) is 51.9 cm³/mol. The van der Waals surface area contributed by atoms with E-state index in [0.717, 1.165) is 24.4 Å². The second-order valence-electron chi connectivity index (χ2n) is 3.09. The van der Waals surface area contributed by atoms with Crippen LogP contribution in [0.2, 0.25) is 0 Å². The van der Waals surface area contributed by atoms with Crippen molar-refractivity contribution in [3.63, 3.8) is 0 Å². The van der Waals surface area contributed by atoms with Crippen LogP contribution in [0.3, 0.4) is 0 Å².